The molecule has 6 heteroatoms. The second-order valence-corrected chi connectivity index (χ2v) is 9.72. The number of carbonyl (C=O) groups is 1. The number of hydrogen-bond donors (Lipinski definition) is 0. The van der Waals surface area contributed by atoms with Gasteiger partial charge < -0.3 is 4.57 Å². The van der Waals surface area contributed by atoms with Crippen molar-refractivity contribution in [3.8, 4) is 0 Å². The van der Waals surface area contributed by atoms with Crippen molar-refractivity contribution in [1.29, 1.82) is 0 Å². The summed E-state index contributed by atoms with van der Waals surface area (Å²) in [4.78, 5) is 27.6. The first-order valence-corrected chi connectivity index (χ1v) is 11.4. The Labute approximate surface area is 167 Å². The molecule has 7 rings (SSSR count). The summed E-state index contributed by atoms with van der Waals surface area (Å²) in [5.74, 6) is 7.02. The summed E-state index contributed by atoms with van der Waals surface area (Å²) in [5, 5.41) is 0. The fraction of sp³-hybridized carbons (Fsp3) is 0.773. The van der Waals surface area contributed by atoms with Gasteiger partial charge in [-0.05, 0) is 62.2 Å². The zero-order chi connectivity index (χ0) is 19.0. The van der Waals surface area contributed by atoms with Crippen molar-refractivity contribution in [1.82, 2.24) is 14.5 Å². The molecule has 3 heterocycles. The predicted octanol–water partition coefficient (Wildman–Crippen LogP) is 3.39. The molecule has 4 bridgehead atoms. The topological polar surface area (TPSA) is 53.7 Å². The lowest BCUT2D eigenvalue weighted by Crippen LogP contribution is -2.54. The van der Waals surface area contributed by atoms with Crippen LogP contribution in [0.5, 0.6) is 0 Å². The third-order valence-corrected chi connectivity index (χ3v) is 8.18. The number of fused-ring (bicyclic) bond motifs is 3. The predicted molar refractivity (Wildman–Crippen MR) is 109 cm³/mol. The Kier molecular flexibility index (Phi) is 3.70. The molecule has 5 atom stereocenters. The van der Waals surface area contributed by atoms with E-state index >= 15 is 0 Å². The maximum atomic E-state index is 13.5. The molecule has 0 radical (unpaired) electrons. The molecule has 0 spiro atoms. The minimum atomic E-state index is 0.106. The van der Waals surface area contributed by atoms with Crippen LogP contribution in [0.4, 0.5) is 5.82 Å². The quantitative estimate of drug-likeness (QED) is 0.803. The monoisotopic (exact) mass is 381 g/mol. The Morgan fingerprint density at radius 3 is 2.82 bits per heavy atom. The lowest BCUT2D eigenvalue weighted by molar-refractivity contribution is 0.0827. The van der Waals surface area contributed by atoms with E-state index in [9.17, 15) is 4.79 Å². The Bertz CT molecular complexity index is 853. The number of nitrogens with zero attached hydrogens (tertiary/aromatic N) is 5. The number of guanidine groups is 1. The van der Waals surface area contributed by atoms with Gasteiger partial charge in [-0.15, -0.1) is 0 Å². The molecule has 0 N–H and O–H groups in total. The standard InChI is InChI=1S/C22H31N5O/c1-3-4-7-27-21(28)18-20(26-8-5-6-23-22(26)27)24-19(25(18)2)17-15-10-13-9-14(12-15)16(17)11-13/h13-17H,3-12H2,1-2H3. The number of hydrogen-bond acceptors (Lipinski definition) is 4. The molecule has 2 aliphatic heterocycles. The summed E-state index contributed by atoms with van der Waals surface area (Å²) in [6, 6.07) is 0. The zero-order valence-corrected chi connectivity index (χ0v) is 17.1. The minimum absolute atomic E-state index is 0.106. The van der Waals surface area contributed by atoms with Crippen LogP contribution in [0.25, 0.3) is 0 Å². The van der Waals surface area contributed by atoms with Crippen molar-refractivity contribution in [3.63, 3.8) is 0 Å². The van der Waals surface area contributed by atoms with Crippen LogP contribution >= 0.6 is 0 Å². The average molecular weight is 382 g/mol. The Balaban J connectivity index is 1.43. The van der Waals surface area contributed by atoms with Crippen LogP contribution < -0.4 is 4.90 Å². The van der Waals surface area contributed by atoms with Gasteiger partial charge in [0.25, 0.3) is 5.91 Å². The third-order valence-electron chi connectivity index (χ3n) is 8.18. The number of anilines is 1. The van der Waals surface area contributed by atoms with Crippen molar-refractivity contribution in [2.24, 2.45) is 35.7 Å². The lowest BCUT2D eigenvalue weighted by atomic mass is 9.75. The molecule has 6 aliphatic rings. The Hall–Kier alpha value is -1.85. The maximum Gasteiger partial charge on any atom is 0.281 e. The molecule has 0 saturated heterocycles. The van der Waals surface area contributed by atoms with E-state index in [0.717, 1.165) is 80.0 Å². The second-order valence-electron chi connectivity index (χ2n) is 9.72. The van der Waals surface area contributed by atoms with Crippen molar-refractivity contribution in [2.75, 3.05) is 24.5 Å². The molecule has 1 amide bonds. The second kappa shape index (κ2) is 6.07. The Morgan fingerprint density at radius 1 is 1.14 bits per heavy atom. The van der Waals surface area contributed by atoms with E-state index in [1.54, 1.807) is 0 Å². The fourth-order valence-corrected chi connectivity index (χ4v) is 7.13. The van der Waals surface area contributed by atoms with Crippen LogP contribution in [0.3, 0.4) is 0 Å². The van der Waals surface area contributed by atoms with E-state index < -0.39 is 0 Å². The highest BCUT2D eigenvalue weighted by Crippen LogP contribution is 2.64. The molecular weight excluding hydrogens is 350 g/mol. The highest BCUT2D eigenvalue weighted by Gasteiger charge is 2.56. The highest BCUT2D eigenvalue weighted by atomic mass is 16.2. The molecule has 28 heavy (non-hydrogen) atoms. The molecule has 4 saturated carbocycles. The fourth-order valence-electron chi connectivity index (χ4n) is 7.13. The molecule has 5 unspecified atom stereocenters. The summed E-state index contributed by atoms with van der Waals surface area (Å²) in [5.41, 5.74) is 0.796. The number of unbranched alkanes of at least 4 members (excludes halogenated alkanes) is 1. The molecule has 1 aromatic rings. The normalized spacial score (nSPS) is 35.4. The summed E-state index contributed by atoms with van der Waals surface area (Å²) in [6.07, 6.45) is 8.70. The minimum Gasteiger partial charge on any atom is -0.325 e. The molecule has 4 fully saturated rings. The van der Waals surface area contributed by atoms with E-state index in [0.29, 0.717) is 5.92 Å². The summed E-state index contributed by atoms with van der Waals surface area (Å²) < 4.78 is 2.17. The van der Waals surface area contributed by atoms with Crippen molar-refractivity contribution < 1.29 is 4.79 Å². The number of carbonyl (C=O) groups excluding carboxylic acids is 1. The van der Waals surface area contributed by atoms with Crippen molar-refractivity contribution >= 4 is 17.7 Å². The first-order chi connectivity index (χ1) is 13.7. The van der Waals surface area contributed by atoms with E-state index in [1.807, 2.05) is 4.90 Å². The number of aromatic nitrogens is 2. The van der Waals surface area contributed by atoms with Gasteiger partial charge in [-0.3, -0.25) is 19.6 Å². The van der Waals surface area contributed by atoms with Crippen LogP contribution in [0.2, 0.25) is 0 Å². The third kappa shape index (κ3) is 2.17. The Morgan fingerprint density at radius 2 is 2.00 bits per heavy atom. The maximum absolute atomic E-state index is 13.5. The van der Waals surface area contributed by atoms with Crippen LogP contribution in [-0.4, -0.2) is 46.0 Å². The summed E-state index contributed by atoms with van der Waals surface area (Å²) >= 11 is 0. The van der Waals surface area contributed by atoms with Gasteiger partial charge in [0.1, 0.15) is 5.82 Å². The molecule has 4 aliphatic carbocycles. The number of amides is 1. The van der Waals surface area contributed by atoms with Gasteiger partial charge in [0, 0.05) is 32.6 Å². The van der Waals surface area contributed by atoms with E-state index in [1.165, 1.54) is 31.5 Å². The summed E-state index contributed by atoms with van der Waals surface area (Å²) in [7, 11) is 2.08. The molecule has 150 valence electrons. The number of rotatable bonds is 4. The van der Waals surface area contributed by atoms with Gasteiger partial charge in [0.15, 0.2) is 11.5 Å². The summed E-state index contributed by atoms with van der Waals surface area (Å²) in [6.45, 7) is 4.66. The number of imidazole rings is 1. The van der Waals surface area contributed by atoms with E-state index in [2.05, 4.69) is 23.4 Å². The van der Waals surface area contributed by atoms with Gasteiger partial charge in [-0.2, -0.15) is 0 Å². The van der Waals surface area contributed by atoms with E-state index in [-0.39, 0.29) is 5.91 Å². The van der Waals surface area contributed by atoms with Gasteiger partial charge in [-0.25, -0.2) is 4.98 Å². The molecule has 6 nitrogen and oxygen atoms in total. The van der Waals surface area contributed by atoms with Gasteiger partial charge in [0.2, 0.25) is 5.96 Å². The van der Waals surface area contributed by atoms with Gasteiger partial charge >= 0.3 is 0 Å². The van der Waals surface area contributed by atoms with Crippen LogP contribution in [0.15, 0.2) is 4.99 Å². The SMILES string of the molecule is CCCCN1C(=O)c2c(nc(C3C4CC5CC(C4)C3C5)n2C)N2CCCN=C12. The molecule has 0 aromatic carbocycles. The average Bonchev–Trinajstić information content (AvgIpc) is 3.27. The lowest BCUT2D eigenvalue weighted by Gasteiger charge is -2.38. The zero-order valence-electron chi connectivity index (χ0n) is 17.1. The largest absolute Gasteiger partial charge is 0.325 e. The number of aliphatic imine (C=N–C) groups is 1. The van der Waals surface area contributed by atoms with Crippen LogP contribution in [0.1, 0.15) is 74.1 Å². The van der Waals surface area contributed by atoms with Gasteiger partial charge in [0.05, 0.1) is 0 Å². The van der Waals surface area contributed by atoms with Crippen LogP contribution in [0, 0.1) is 23.7 Å². The van der Waals surface area contributed by atoms with Crippen LogP contribution in [-0.2, 0) is 7.05 Å². The highest BCUT2D eigenvalue weighted by molar-refractivity contribution is 6.17. The van der Waals surface area contributed by atoms with Gasteiger partial charge in [-0.1, -0.05) is 13.3 Å². The molecule has 1 aromatic heterocycles. The molecular formula is C22H31N5O. The smallest absolute Gasteiger partial charge is 0.281 e. The van der Waals surface area contributed by atoms with Crippen molar-refractivity contribution in [3.05, 3.63) is 11.5 Å². The first-order valence-electron chi connectivity index (χ1n) is 11.4. The van der Waals surface area contributed by atoms with Crippen molar-refractivity contribution in [2.45, 2.75) is 57.8 Å². The van der Waals surface area contributed by atoms with E-state index in [4.69, 9.17) is 9.98 Å². The first kappa shape index (κ1) is 17.0.